The van der Waals surface area contributed by atoms with Gasteiger partial charge in [0.25, 0.3) is 5.91 Å². The van der Waals surface area contributed by atoms with Crippen molar-refractivity contribution in [2.45, 2.75) is 39.7 Å². The van der Waals surface area contributed by atoms with Gasteiger partial charge in [0.05, 0.1) is 0 Å². The van der Waals surface area contributed by atoms with Crippen molar-refractivity contribution in [1.29, 1.82) is 0 Å². The predicted octanol–water partition coefficient (Wildman–Crippen LogP) is 3.67. The van der Waals surface area contributed by atoms with Crippen LogP contribution in [0, 0.1) is 0 Å². The molecule has 0 saturated heterocycles. The maximum absolute atomic E-state index is 12.5. The number of para-hydroxylation sites is 1. The van der Waals surface area contributed by atoms with Gasteiger partial charge in [-0.2, -0.15) is 0 Å². The minimum absolute atomic E-state index is 0.00735. The molecule has 2 aromatic rings. The normalized spacial score (nSPS) is 10.1. The quantitative estimate of drug-likeness (QED) is 0.550. The molecule has 27 heavy (non-hydrogen) atoms. The molecule has 0 fully saturated rings. The van der Waals surface area contributed by atoms with Crippen LogP contribution in [0.1, 0.15) is 49.0 Å². The number of rotatable bonds is 8. The average Bonchev–Trinajstić information content (AvgIpc) is 2.65. The molecule has 142 valence electrons. The lowest BCUT2D eigenvalue weighted by Crippen LogP contribution is -2.23. The molecular weight excluding hydrogens is 344 g/mol. The van der Waals surface area contributed by atoms with Gasteiger partial charge in [0.2, 0.25) is 5.91 Å². The number of carbonyl (C=O) groups is 3. The monoisotopic (exact) mass is 368 g/mol. The van der Waals surface area contributed by atoms with Crippen LogP contribution >= 0.6 is 0 Å². The van der Waals surface area contributed by atoms with Gasteiger partial charge in [-0.3, -0.25) is 14.4 Å². The number of hydrogen-bond acceptors (Lipinski definition) is 4. The molecule has 0 spiro atoms. The van der Waals surface area contributed by atoms with Gasteiger partial charge in [-0.25, -0.2) is 0 Å². The Balaban J connectivity index is 2.05. The fourth-order valence-electron chi connectivity index (χ4n) is 2.48. The van der Waals surface area contributed by atoms with Crippen LogP contribution in [0.3, 0.4) is 0 Å². The zero-order chi connectivity index (χ0) is 19.6. The van der Waals surface area contributed by atoms with E-state index in [-0.39, 0.29) is 11.8 Å². The number of anilines is 1. The van der Waals surface area contributed by atoms with Crippen LogP contribution in [-0.2, 0) is 16.1 Å². The largest absolute Gasteiger partial charge is 0.427 e. The predicted molar refractivity (Wildman–Crippen MR) is 104 cm³/mol. The second kappa shape index (κ2) is 10.1. The second-order valence-corrected chi connectivity index (χ2v) is 6.11. The zero-order valence-corrected chi connectivity index (χ0v) is 15.6. The van der Waals surface area contributed by atoms with Gasteiger partial charge in [-0.15, -0.1) is 0 Å². The van der Waals surface area contributed by atoms with Crippen molar-refractivity contribution < 1.29 is 19.1 Å². The van der Waals surface area contributed by atoms with Crippen molar-refractivity contribution in [1.82, 2.24) is 5.32 Å². The maximum atomic E-state index is 12.5. The number of unbranched alkanes of at least 4 members (excludes halogenated alkanes) is 1. The van der Waals surface area contributed by atoms with Crippen molar-refractivity contribution >= 4 is 23.5 Å². The van der Waals surface area contributed by atoms with Crippen LogP contribution in [-0.4, -0.2) is 17.8 Å². The van der Waals surface area contributed by atoms with Crippen molar-refractivity contribution in [3.05, 3.63) is 59.7 Å². The number of esters is 1. The molecule has 2 aromatic carbocycles. The third kappa shape index (κ3) is 6.58. The molecule has 0 aliphatic heterocycles. The van der Waals surface area contributed by atoms with E-state index < -0.39 is 5.97 Å². The van der Waals surface area contributed by atoms with Crippen LogP contribution in [0.2, 0.25) is 0 Å². The molecule has 0 atom stereocenters. The molecule has 0 unspecified atom stereocenters. The SMILES string of the molecule is CCCCC(=O)NCc1ccccc1NC(=O)c1cccc(OC(C)=O)c1. The van der Waals surface area contributed by atoms with Gasteiger partial charge in [-0.1, -0.05) is 37.6 Å². The van der Waals surface area contributed by atoms with Crippen LogP contribution in [0.4, 0.5) is 5.69 Å². The van der Waals surface area contributed by atoms with Gasteiger partial charge in [0, 0.05) is 31.1 Å². The summed E-state index contributed by atoms with van der Waals surface area (Å²) in [7, 11) is 0. The van der Waals surface area contributed by atoms with Crippen LogP contribution in [0.15, 0.2) is 48.5 Å². The number of hydrogen-bond donors (Lipinski definition) is 2. The molecule has 2 rings (SSSR count). The number of benzene rings is 2. The number of amides is 2. The third-order valence-electron chi connectivity index (χ3n) is 3.86. The smallest absolute Gasteiger partial charge is 0.308 e. The summed E-state index contributed by atoms with van der Waals surface area (Å²) in [6.45, 7) is 3.68. The summed E-state index contributed by atoms with van der Waals surface area (Å²) >= 11 is 0. The van der Waals surface area contributed by atoms with Crippen molar-refractivity contribution in [2.24, 2.45) is 0 Å². The first-order valence-electron chi connectivity index (χ1n) is 8.94. The highest BCUT2D eigenvalue weighted by atomic mass is 16.5. The fraction of sp³-hybridized carbons (Fsp3) is 0.286. The first kappa shape index (κ1) is 20.2. The minimum atomic E-state index is -0.447. The Labute approximate surface area is 158 Å². The highest BCUT2D eigenvalue weighted by Crippen LogP contribution is 2.18. The van der Waals surface area contributed by atoms with E-state index >= 15 is 0 Å². The van der Waals surface area contributed by atoms with E-state index in [0.29, 0.717) is 30.0 Å². The van der Waals surface area contributed by atoms with Gasteiger partial charge in [-0.05, 0) is 36.2 Å². The number of nitrogens with one attached hydrogen (secondary N) is 2. The van der Waals surface area contributed by atoms with E-state index in [9.17, 15) is 14.4 Å². The van der Waals surface area contributed by atoms with E-state index in [1.807, 2.05) is 25.1 Å². The molecular formula is C21H24N2O4. The van der Waals surface area contributed by atoms with Gasteiger partial charge in [0.1, 0.15) is 5.75 Å². The Kier molecular flexibility index (Phi) is 7.55. The van der Waals surface area contributed by atoms with Crippen molar-refractivity contribution in [3.8, 4) is 5.75 Å². The molecule has 0 saturated carbocycles. The van der Waals surface area contributed by atoms with E-state index in [4.69, 9.17) is 4.74 Å². The minimum Gasteiger partial charge on any atom is -0.427 e. The van der Waals surface area contributed by atoms with Crippen LogP contribution in [0.5, 0.6) is 5.75 Å². The summed E-state index contributed by atoms with van der Waals surface area (Å²) < 4.78 is 5.01. The highest BCUT2D eigenvalue weighted by Gasteiger charge is 2.11. The van der Waals surface area contributed by atoms with Crippen molar-refractivity contribution in [2.75, 3.05) is 5.32 Å². The Morgan fingerprint density at radius 1 is 1.04 bits per heavy atom. The van der Waals surface area contributed by atoms with E-state index in [1.54, 1.807) is 24.3 Å². The molecule has 2 amide bonds. The zero-order valence-electron chi connectivity index (χ0n) is 15.6. The van der Waals surface area contributed by atoms with E-state index in [1.165, 1.54) is 13.0 Å². The molecule has 0 heterocycles. The summed E-state index contributed by atoms with van der Waals surface area (Å²) in [5.41, 5.74) is 1.80. The van der Waals surface area contributed by atoms with Crippen LogP contribution < -0.4 is 15.4 Å². The summed E-state index contributed by atoms with van der Waals surface area (Å²) in [4.78, 5) is 35.4. The van der Waals surface area contributed by atoms with Gasteiger partial charge >= 0.3 is 5.97 Å². The Hall–Kier alpha value is -3.15. The molecule has 6 nitrogen and oxygen atoms in total. The molecule has 0 aromatic heterocycles. The van der Waals surface area contributed by atoms with E-state index in [0.717, 1.165) is 18.4 Å². The molecule has 6 heteroatoms. The Morgan fingerprint density at radius 3 is 2.56 bits per heavy atom. The number of ether oxygens (including phenoxy) is 1. The molecule has 0 radical (unpaired) electrons. The molecule has 2 N–H and O–H groups in total. The lowest BCUT2D eigenvalue weighted by atomic mass is 10.1. The third-order valence-corrected chi connectivity index (χ3v) is 3.86. The first-order chi connectivity index (χ1) is 13.0. The Bertz CT molecular complexity index is 817. The van der Waals surface area contributed by atoms with Crippen LogP contribution in [0.25, 0.3) is 0 Å². The maximum Gasteiger partial charge on any atom is 0.308 e. The summed E-state index contributed by atoms with van der Waals surface area (Å²) in [5.74, 6) is -0.468. The molecule has 0 aliphatic rings. The second-order valence-electron chi connectivity index (χ2n) is 6.11. The molecule has 0 bridgehead atoms. The summed E-state index contributed by atoms with van der Waals surface area (Å²) in [6.07, 6.45) is 2.31. The Morgan fingerprint density at radius 2 is 1.81 bits per heavy atom. The fourth-order valence-corrected chi connectivity index (χ4v) is 2.48. The van der Waals surface area contributed by atoms with Gasteiger partial charge < -0.3 is 15.4 Å². The average molecular weight is 368 g/mol. The topological polar surface area (TPSA) is 84.5 Å². The molecule has 0 aliphatic carbocycles. The number of carbonyl (C=O) groups excluding carboxylic acids is 3. The standard InChI is InChI=1S/C21H24N2O4/c1-3-4-12-20(25)22-14-17-8-5-6-11-19(17)23-21(26)16-9-7-10-18(13-16)27-15(2)24/h5-11,13H,3-4,12,14H2,1-2H3,(H,22,25)(H,23,26). The first-order valence-corrected chi connectivity index (χ1v) is 8.94. The summed E-state index contributed by atoms with van der Waals surface area (Å²) in [5, 5.41) is 5.71. The highest BCUT2D eigenvalue weighted by molar-refractivity contribution is 6.05. The van der Waals surface area contributed by atoms with E-state index in [2.05, 4.69) is 10.6 Å². The summed E-state index contributed by atoms with van der Waals surface area (Å²) in [6, 6.07) is 13.7. The lowest BCUT2D eigenvalue weighted by Gasteiger charge is -2.12. The lowest BCUT2D eigenvalue weighted by molar-refractivity contribution is -0.131. The van der Waals surface area contributed by atoms with Gasteiger partial charge in [0.15, 0.2) is 0 Å². The van der Waals surface area contributed by atoms with Crippen molar-refractivity contribution in [3.63, 3.8) is 0 Å².